The van der Waals surface area contributed by atoms with E-state index in [-0.39, 0.29) is 18.3 Å². The van der Waals surface area contributed by atoms with Crippen LogP contribution in [0, 0.1) is 15.9 Å². The van der Waals surface area contributed by atoms with Gasteiger partial charge in [0.2, 0.25) is 0 Å². The summed E-state index contributed by atoms with van der Waals surface area (Å²) in [6, 6.07) is 10.8. The van der Waals surface area contributed by atoms with Crippen molar-refractivity contribution >= 4 is 34.6 Å². The predicted molar refractivity (Wildman–Crippen MR) is 121 cm³/mol. The van der Waals surface area contributed by atoms with Crippen molar-refractivity contribution in [3.8, 4) is 0 Å². The summed E-state index contributed by atoms with van der Waals surface area (Å²) in [5.74, 6) is -0.220. The van der Waals surface area contributed by atoms with Gasteiger partial charge in [-0.1, -0.05) is 0 Å². The molecule has 0 fully saturated rings. The first-order chi connectivity index (χ1) is 16.0. The van der Waals surface area contributed by atoms with Crippen molar-refractivity contribution < 1.29 is 18.8 Å². The van der Waals surface area contributed by atoms with Crippen LogP contribution >= 0.6 is 0 Å². The smallest absolute Gasteiger partial charge is 0.401 e. The summed E-state index contributed by atoms with van der Waals surface area (Å²) in [4.78, 5) is 25.4. The Bertz CT molecular complexity index is 1290. The van der Waals surface area contributed by atoms with Gasteiger partial charge in [0.25, 0.3) is 0 Å². The molecule has 4 aromatic rings. The monoisotopic (exact) mass is 449 g/mol. The highest BCUT2D eigenvalue weighted by Crippen LogP contribution is 2.23. The molecule has 1 N–H and O–H groups in total. The molecule has 0 amide bonds. The molecular formula is C23H20FN5O4. The van der Waals surface area contributed by atoms with Gasteiger partial charge in [0.15, 0.2) is 5.82 Å². The molecule has 10 heteroatoms. The second-order valence-corrected chi connectivity index (χ2v) is 7.17. The van der Waals surface area contributed by atoms with Crippen LogP contribution < -0.4 is 4.90 Å². The van der Waals surface area contributed by atoms with E-state index in [1.165, 1.54) is 30.3 Å². The zero-order chi connectivity index (χ0) is 23.2. The van der Waals surface area contributed by atoms with Crippen LogP contribution in [0.3, 0.4) is 0 Å². The van der Waals surface area contributed by atoms with E-state index in [9.17, 15) is 19.6 Å². The fraction of sp³-hybridized carbons (Fsp3) is 0.174. The van der Waals surface area contributed by atoms with E-state index in [1.807, 2.05) is 17.0 Å². The Kier molecular flexibility index (Phi) is 6.65. The Labute approximate surface area is 188 Å². The number of furan rings is 1. The molecule has 0 spiro atoms. The minimum Gasteiger partial charge on any atom is -0.401 e. The van der Waals surface area contributed by atoms with Gasteiger partial charge in [0.1, 0.15) is 16.5 Å². The quantitative estimate of drug-likeness (QED) is 0.298. The van der Waals surface area contributed by atoms with Crippen LogP contribution in [0.4, 0.5) is 16.0 Å². The third-order valence-electron chi connectivity index (χ3n) is 4.88. The number of benzene rings is 1. The molecule has 3 aromatic heterocycles. The van der Waals surface area contributed by atoms with Crippen LogP contribution in [0.5, 0.6) is 0 Å². The van der Waals surface area contributed by atoms with Crippen molar-refractivity contribution in [2.45, 2.75) is 13.0 Å². The lowest BCUT2D eigenvalue weighted by Crippen LogP contribution is -2.25. The van der Waals surface area contributed by atoms with E-state index in [4.69, 9.17) is 4.42 Å². The van der Waals surface area contributed by atoms with Crippen LogP contribution in [-0.4, -0.2) is 38.1 Å². The molecule has 0 aliphatic rings. The number of halogens is 1. The third-order valence-corrected chi connectivity index (χ3v) is 4.88. The molecule has 0 unspecified atom stereocenters. The number of anilines is 1. The van der Waals surface area contributed by atoms with E-state index in [0.29, 0.717) is 41.9 Å². The summed E-state index contributed by atoms with van der Waals surface area (Å²) in [6.07, 6.45) is 7.03. The number of pyridine rings is 1. The topological polar surface area (TPSA) is 118 Å². The highest BCUT2D eigenvalue weighted by Gasteiger charge is 2.14. The molecule has 0 aliphatic heterocycles. The van der Waals surface area contributed by atoms with Gasteiger partial charge in [-0.2, -0.15) is 0 Å². The summed E-state index contributed by atoms with van der Waals surface area (Å²) < 4.78 is 19.0. The van der Waals surface area contributed by atoms with Crippen LogP contribution in [-0.2, 0) is 6.54 Å². The minimum absolute atomic E-state index is 0.0375. The Balaban J connectivity index is 1.71. The maximum absolute atomic E-state index is 13.9. The fourth-order valence-corrected chi connectivity index (χ4v) is 3.35. The van der Waals surface area contributed by atoms with Gasteiger partial charge < -0.3 is 14.4 Å². The zero-order valence-corrected chi connectivity index (χ0v) is 17.5. The number of aliphatic hydroxyl groups excluding tert-OH is 1. The number of rotatable bonds is 9. The van der Waals surface area contributed by atoms with Crippen LogP contribution in [0.1, 0.15) is 23.7 Å². The molecule has 0 saturated heterocycles. The Morgan fingerprint density at radius 1 is 1.18 bits per heavy atom. The lowest BCUT2D eigenvalue weighted by Gasteiger charge is -2.24. The van der Waals surface area contributed by atoms with Crippen LogP contribution in [0.2, 0.25) is 0 Å². The first kappa shape index (κ1) is 22.0. The average Bonchev–Trinajstić information content (AvgIpc) is 3.30. The van der Waals surface area contributed by atoms with Crippen molar-refractivity contribution in [1.82, 2.24) is 15.0 Å². The summed E-state index contributed by atoms with van der Waals surface area (Å²) in [5.41, 5.74) is 1.95. The third kappa shape index (κ3) is 5.36. The molecule has 0 aliphatic carbocycles. The maximum Gasteiger partial charge on any atom is 0.433 e. The molecule has 4 rings (SSSR count). The van der Waals surface area contributed by atoms with E-state index >= 15 is 0 Å². The molecule has 0 bridgehead atoms. The minimum atomic E-state index is -0.621. The Hall–Kier alpha value is -4.18. The molecule has 33 heavy (non-hydrogen) atoms. The highest BCUT2D eigenvalue weighted by molar-refractivity contribution is 5.82. The highest BCUT2D eigenvalue weighted by atomic mass is 19.1. The lowest BCUT2D eigenvalue weighted by atomic mass is 10.1. The normalized spacial score (nSPS) is 11.3. The number of hydrogen-bond acceptors (Lipinski definition) is 8. The number of nitrogens with zero attached hydrogens (tertiary/aromatic N) is 5. The Morgan fingerprint density at radius 3 is 2.79 bits per heavy atom. The van der Waals surface area contributed by atoms with Gasteiger partial charge in [0.05, 0.1) is 35.7 Å². The molecule has 1 aromatic carbocycles. The average molecular weight is 449 g/mol. The van der Waals surface area contributed by atoms with E-state index < -0.39 is 10.7 Å². The SMILES string of the molecule is O=[N+]([O-])c1ccc(/C=C/c2nc(CN(CCCO)c3cccnc3)c3ccc(F)cc3n2)o1. The standard InChI is InChI=1S/C23H20FN5O4/c24-16-4-7-19-20(13-16)26-22(8-5-18-6-9-23(33-18)29(31)32)27-21(19)15-28(11-2-12-30)17-3-1-10-25-14-17/h1,3-10,13-14,30H,2,11-12,15H2/b8-5+. The van der Waals surface area contributed by atoms with Crippen molar-refractivity contribution in [3.05, 3.63) is 88.1 Å². The van der Waals surface area contributed by atoms with Crippen molar-refractivity contribution in [2.24, 2.45) is 0 Å². The first-order valence-corrected chi connectivity index (χ1v) is 10.2. The van der Waals surface area contributed by atoms with Crippen molar-refractivity contribution in [3.63, 3.8) is 0 Å². The largest absolute Gasteiger partial charge is 0.433 e. The van der Waals surface area contributed by atoms with Gasteiger partial charge in [-0.05, 0) is 48.9 Å². The molecule has 0 radical (unpaired) electrons. The number of nitro groups is 1. The number of aliphatic hydroxyl groups is 1. The number of fused-ring (bicyclic) bond motifs is 1. The zero-order valence-electron chi connectivity index (χ0n) is 17.5. The van der Waals surface area contributed by atoms with Gasteiger partial charge in [-0.15, -0.1) is 0 Å². The second kappa shape index (κ2) is 9.96. The van der Waals surface area contributed by atoms with Gasteiger partial charge in [-0.3, -0.25) is 15.1 Å². The maximum atomic E-state index is 13.9. The van der Waals surface area contributed by atoms with Gasteiger partial charge in [0, 0.05) is 30.8 Å². The summed E-state index contributed by atoms with van der Waals surface area (Å²) in [7, 11) is 0. The molecule has 0 saturated carbocycles. The van der Waals surface area contributed by atoms with E-state index in [0.717, 1.165) is 5.69 Å². The number of aromatic nitrogens is 3. The summed E-state index contributed by atoms with van der Waals surface area (Å²) in [5, 5.41) is 20.8. The second-order valence-electron chi connectivity index (χ2n) is 7.17. The van der Waals surface area contributed by atoms with Gasteiger partial charge in [-0.25, -0.2) is 14.4 Å². The van der Waals surface area contributed by atoms with Crippen molar-refractivity contribution in [1.29, 1.82) is 0 Å². The van der Waals surface area contributed by atoms with Crippen molar-refractivity contribution in [2.75, 3.05) is 18.1 Å². The molecule has 9 nitrogen and oxygen atoms in total. The summed E-state index contributed by atoms with van der Waals surface area (Å²) >= 11 is 0. The molecule has 0 atom stereocenters. The lowest BCUT2D eigenvalue weighted by molar-refractivity contribution is -0.402. The van der Waals surface area contributed by atoms with E-state index in [1.54, 1.807) is 24.5 Å². The Morgan fingerprint density at radius 2 is 2.06 bits per heavy atom. The van der Waals surface area contributed by atoms with Crippen LogP contribution in [0.15, 0.2) is 59.3 Å². The first-order valence-electron chi connectivity index (χ1n) is 10.2. The molecule has 168 valence electrons. The fourth-order valence-electron chi connectivity index (χ4n) is 3.35. The van der Waals surface area contributed by atoms with Crippen LogP contribution in [0.25, 0.3) is 23.1 Å². The van der Waals surface area contributed by atoms with Gasteiger partial charge >= 0.3 is 5.88 Å². The predicted octanol–water partition coefficient (Wildman–Crippen LogP) is 4.22. The number of hydrogen-bond donors (Lipinski definition) is 1. The molecular weight excluding hydrogens is 429 g/mol. The molecule has 3 heterocycles. The summed E-state index contributed by atoms with van der Waals surface area (Å²) in [6.45, 7) is 0.981. The van der Waals surface area contributed by atoms with E-state index in [2.05, 4.69) is 15.0 Å².